The third-order valence-electron chi connectivity index (χ3n) is 5.89. The molecule has 0 bridgehead atoms. The summed E-state index contributed by atoms with van der Waals surface area (Å²) in [4.78, 5) is 21.1. The van der Waals surface area contributed by atoms with Gasteiger partial charge in [-0.05, 0) is 30.7 Å². The fraction of sp³-hybridized carbons (Fsp3) is 0.240. The molecule has 5 rings (SSSR count). The number of amides is 1. The van der Waals surface area contributed by atoms with Crippen LogP contribution in [0.15, 0.2) is 67.8 Å². The number of hydrogen-bond donors (Lipinski definition) is 0. The van der Waals surface area contributed by atoms with Gasteiger partial charge in [0.05, 0.1) is 29.6 Å². The Morgan fingerprint density at radius 2 is 1.84 bits per heavy atom. The molecule has 192 valence electrons. The minimum Gasteiger partial charge on any atom is -0.420 e. The van der Waals surface area contributed by atoms with Crippen LogP contribution >= 0.6 is 35.6 Å². The molecule has 2 aromatic carbocycles. The predicted molar refractivity (Wildman–Crippen MR) is 146 cm³/mol. The lowest BCUT2D eigenvalue weighted by molar-refractivity contribution is -0.122. The van der Waals surface area contributed by atoms with Gasteiger partial charge >= 0.3 is 0 Å². The fourth-order valence-corrected chi connectivity index (χ4v) is 6.63. The zero-order valence-corrected chi connectivity index (χ0v) is 22.9. The van der Waals surface area contributed by atoms with E-state index in [0.717, 1.165) is 22.9 Å². The van der Waals surface area contributed by atoms with Gasteiger partial charge in [-0.2, -0.15) is 4.98 Å². The van der Waals surface area contributed by atoms with Crippen LogP contribution in [0.3, 0.4) is 0 Å². The average Bonchev–Trinajstić information content (AvgIpc) is 3.43. The van der Waals surface area contributed by atoms with Crippen molar-refractivity contribution < 1.29 is 22.4 Å². The predicted octanol–water partition coefficient (Wildman–Crippen LogP) is 4.71. The molecule has 2 saturated heterocycles. The Kier molecular flexibility index (Phi) is 7.42. The van der Waals surface area contributed by atoms with Crippen LogP contribution in [-0.2, 0) is 25.9 Å². The second kappa shape index (κ2) is 10.6. The lowest BCUT2D eigenvalue weighted by Gasteiger charge is -2.26. The number of benzene rings is 2. The van der Waals surface area contributed by atoms with E-state index >= 15 is 0 Å². The monoisotopic (exact) mass is 575 g/mol. The van der Waals surface area contributed by atoms with Crippen molar-refractivity contribution in [2.45, 2.75) is 23.4 Å². The number of nitrogens with zero attached hydrogens (tertiary/aromatic N) is 3. The Morgan fingerprint density at radius 1 is 1.14 bits per heavy atom. The number of carbonyl (C=O) groups excluding carboxylic acids is 1. The number of thioether (sulfide) groups is 1. The van der Waals surface area contributed by atoms with Crippen LogP contribution in [-0.4, -0.2) is 54.8 Å². The minimum atomic E-state index is -3.99. The van der Waals surface area contributed by atoms with E-state index in [9.17, 15) is 13.2 Å². The topological polar surface area (TPSA) is 93.0 Å². The first-order valence-electron chi connectivity index (χ1n) is 11.4. The summed E-state index contributed by atoms with van der Waals surface area (Å²) in [6.45, 7) is 3.86. The molecule has 3 aromatic rings. The lowest BCUT2D eigenvalue weighted by atomic mass is 10.2. The fourth-order valence-electron chi connectivity index (χ4n) is 3.89. The Hall–Kier alpha value is -2.70. The summed E-state index contributed by atoms with van der Waals surface area (Å²) >= 11 is 12.8. The molecule has 8 nitrogen and oxygen atoms in total. The number of anilines is 1. The van der Waals surface area contributed by atoms with Gasteiger partial charge in [-0.15, -0.1) is 0 Å². The normalized spacial score (nSPS) is 17.7. The number of oxazole rings is 1. The molecular formula is C25H22ClN3O5S3. The first kappa shape index (κ1) is 25.9. The van der Waals surface area contributed by atoms with Crippen molar-refractivity contribution in [3.63, 3.8) is 0 Å². The van der Waals surface area contributed by atoms with Crippen LogP contribution in [0.25, 0.3) is 6.08 Å². The van der Waals surface area contributed by atoms with Crippen LogP contribution in [0, 0.1) is 6.92 Å². The van der Waals surface area contributed by atoms with E-state index in [2.05, 4.69) is 4.98 Å². The van der Waals surface area contributed by atoms with Crippen LogP contribution in [0.2, 0.25) is 5.02 Å². The third kappa shape index (κ3) is 5.32. The number of sulfone groups is 1. The number of ether oxygens (including phenoxy) is 1. The molecule has 2 aliphatic heterocycles. The van der Waals surface area contributed by atoms with Crippen LogP contribution < -0.4 is 4.90 Å². The Morgan fingerprint density at radius 3 is 2.54 bits per heavy atom. The average molecular weight is 576 g/mol. The lowest BCUT2D eigenvalue weighted by Crippen LogP contribution is -2.36. The highest BCUT2D eigenvalue weighted by Crippen LogP contribution is 2.37. The van der Waals surface area contributed by atoms with Crippen molar-refractivity contribution >= 4 is 67.6 Å². The van der Waals surface area contributed by atoms with Crippen LogP contribution in [0.4, 0.5) is 5.88 Å². The maximum Gasteiger partial charge on any atom is 0.266 e. The molecule has 0 spiro atoms. The van der Waals surface area contributed by atoms with Crippen molar-refractivity contribution in [3.8, 4) is 0 Å². The smallest absolute Gasteiger partial charge is 0.266 e. The van der Waals surface area contributed by atoms with E-state index in [1.165, 1.54) is 11.0 Å². The summed E-state index contributed by atoms with van der Waals surface area (Å²) in [5, 5.41) is 0.338. The summed E-state index contributed by atoms with van der Waals surface area (Å²) in [5.74, 6) is -0.198. The van der Waals surface area contributed by atoms with Gasteiger partial charge in [-0.1, -0.05) is 71.5 Å². The Balaban J connectivity index is 1.50. The summed E-state index contributed by atoms with van der Waals surface area (Å²) in [6, 6.07) is 13.8. The number of rotatable bonds is 6. The molecule has 3 heterocycles. The number of halogens is 1. The maximum atomic E-state index is 13.5. The van der Waals surface area contributed by atoms with Crippen molar-refractivity contribution in [1.29, 1.82) is 0 Å². The molecule has 0 saturated carbocycles. The number of morpholine rings is 1. The number of thiocarbonyl (C=S) groups is 1. The molecule has 2 fully saturated rings. The number of carbonyl (C=O) groups is 1. The molecule has 1 amide bonds. The van der Waals surface area contributed by atoms with E-state index < -0.39 is 9.84 Å². The molecule has 2 aliphatic rings. The molecule has 1 aromatic heterocycles. The molecule has 0 unspecified atom stereocenters. The van der Waals surface area contributed by atoms with Crippen LogP contribution in [0.1, 0.15) is 17.0 Å². The second-order valence-electron chi connectivity index (χ2n) is 8.44. The van der Waals surface area contributed by atoms with E-state index in [1.807, 2.05) is 25.1 Å². The Bertz CT molecular complexity index is 1500. The van der Waals surface area contributed by atoms with Gasteiger partial charge < -0.3 is 14.1 Å². The number of aromatic nitrogens is 1. The number of aryl methyl sites for hydroxylation is 1. The standard InChI is InChI=1S/C25H22ClN3O5S3/c1-16-6-8-18(9-7-16)37(31,32)22-24(28-10-12-33-13-11-28)34-21(27-22)14-20-23(30)29(25(35)36-20)15-17-4-2-3-5-19(17)26/h2-9,14H,10-13,15H2,1H3/b20-14+. The first-order valence-corrected chi connectivity index (χ1v) is 14.5. The van der Waals surface area contributed by atoms with Gasteiger partial charge in [0.25, 0.3) is 5.91 Å². The molecule has 0 atom stereocenters. The first-order chi connectivity index (χ1) is 17.7. The van der Waals surface area contributed by atoms with Crippen molar-refractivity contribution in [1.82, 2.24) is 9.88 Å². The van der Waals surface area contributed by atoms with Crippen molar-refractivity contribution in [2.24, 2.45) is 0 Å². The summed E-state index contributed by atoms with van der Waals surface area (Å²) in [5.41, 5.74) is 1.70. The van der Waals surface area contributed by atoms with Crippen molar-refractivity contribution in [3.05, 3.63) is 75.5 Å². The van der Waals surface area contributed by atoms with Crippen LogP contribution in [0.5, 0.6) is 0 Å². The molecule has 0 N–H and O–H groups in total. The van der Waals surface area contributed by atoms with E-state index in [-0.39, 0.29) is 39.1 Å². The largest absolute Gasteiger partial charge is 0.420 e. The van der Waals surface area contributed by atoms with E-state index in [1.54, 1.807) is 35.2 Å². The highest BCUT2D eigenvalue weighted by atomic mass is 35.5. The Labute approximate surface area is 229 Å². The SMILES string of the molecule is Cc1ccc(S(=O)(=O)c2nc(/C=C3/SC(=S)N(Cc4ccccc4Cl)C3=O)oc2N2CCOCC2)cc1. The van der Waals surface area contributed by atoms with Gasteiger partial charge in [-0.3, -0.25) is 9.69 Å². The molecule has 0 aliphatic carbocycles. The number of hydrogen-bond acceptors (Lipinski definition) is 9. The van der Waals surface area contributed by atoms with E-state index in [0.29, 0.717) is 35.6 Å². The summed E-state index contributed by atoms with van der Waals surface area (Å²) in [7, 11) is -3.99. The van der Waals surface area contributed by atoms with Gasteiger partial charge in [0.2, 0.25) is 26.6 Å². The highest BCUT2D eigenvalue weighted by Gasteiger charge is 2.35. The molecule has 12 heteroatoms. The van der Waals surface area contributed by atoms with Gasteiger partial charge in [-0.25, -0.2) is 8.42 Å². The van der Waals surface area contributed by atoms with Gasteiger partial charge in [0, 0.05) is 24.2 Å². The molecule has 0 radical (unpaired) electrons. The zero-order valence-electron chi connectivity index (χ0n) is 19.7. The summed E-state index contributed by atoms with van der Waals surface area (Å²) in [6.07, 6.45) is 1.43. The maximum absolute atomic E-state index is 13.5. The zero-order chi connectivity index (χ0) is 26.2. The van der Waals surface area contributed by atoms with Crippen molar-refractivity contribution in [2.75, 3.05) is 31.2 Å². The summed E-state index contributed by atoms with van der Waals surface area (Å²) < 4.78 is 38.8. The van der Waals surface area contributed by atoms with E-state index in [4.69, 9.17) is 33.0 Å². The quantitative estimate of drug-likeness (QED) is 0.306. The second-order valence-corrected chi connectivity index (χ2v) is 12.4. The minimum absolute atomic E-state index is 0.00502. The molecular weight excluding hydrogens is 554 g/mol. The third-order valence-corrected chi connectivity index (χ3v) is 9.31. The van der Waals surface area contributed by atoms with Gasteiger partial charge in [0.15, 0.2) is 0 Å². The molecule has 37 heavy (non-hydrogen) atoms. The highest BCUT2D eigenvalue weighted by molar-refractivity contribution is 8.26. The van der Waals surface area contributed by atoms with Gasteiger partial charge in [0.1, 0.15) is 4.32 Å².